The lowest BCUT2D eigenvalue weighted by molar-refractivity contribution is -0.135. The lowest BCUT2D eigenvalue weighted by Crippen LogP contribution is -2.43. The van der Waals surface area contributed by atoms with E-state index in [0.717, 1.165) is 5.56 Å². The fraction of sp³-hybridized carbons (Fsp3) is 0.235. The zero-order valence-electron chi connectivity index (χ0n) is 12.4. The molecule has 5 heteroatoms. The molecule has 0 radical (unpaired) electrons. The van der Waals surface area contributed by atoms with Crippen molar-refractivity contribution in [3.05, 3.63) is 49.1 Å². The molecule has 5 nitrogen and oxygen atoms in total. The molecule has 1 saturated heterocycles. The molecule has 114 valence electrons. The van der Waals surface area contributed by atoms with Gasteiger partial charge in [-0.15, -0.1) is 6.58 Å². The third-order valence-electron chi connectivity index (χ3n) is 3.67. The average molecular weight is 298 g/mol. The highest BCUT2D eigenvalue weighted by Crippen LogP contribution is 2.26. The van der Waals surface area contributed by atoms with E-state index in [9.17, 15) is 14.4 Å². The van der Waals surface area contributed by atoms with E-state index in [-0.39, 0.29) is 6.42 Å². The Bertz CT molecular complexity index is 666. The standard InChI is InChI=1S/C17H18N2O3/c1-4-9-17(3)14(20)13(16(22)19-17)15(21)18-12-8-6-7-11(5-2)10-12/h4-8,10,13H,1-2,9H2,3H3,(H,18,21)(H,19,22). The van der Waals surface area contributed by atoms with Crippen molar-refractivity contribution in [1.29, 1.82) is 0 Å². The molecule has 22 heavy (non-hydrogen) atoms. The predicted octanol–water partition coefficient (Wildman–Crippen LogP) is 1.92. The molecular weight excluding hydrogens is 280 g/mol. The van der Waals surface area contributed by atoms with E-state index in [2.05, 4.69) is 23.8 Å². The Morgan fingerprint density at radius 1 is 1.41 bits per heavy atom. The van der Waals surface area contributed by atoms with Gasteiger partial charge in [0.2, 0.25) is 11.8 Å². The van der Waals surface area contributed by atoms with Gasteiger partial charge >= 0.3 is 0 Å². The van der Waals surface area contributed by atoms with E-state index in [0.29, 0.717) is 5.69 Å². The summed E-state index contributed by atoms with van der Waals surface area (Å²) in [4.78, 5) is 36.6. The molecule has 2 rings (SSSR count). The van der Waals surface area contributed by atoms with Crippen LogP contribution in [0, 0.1) is 5.92 Å². The van der Waals surface area contributed by atoms with Gasteiger partial charge < -0.3 is 10.6 Å². The number of ketones is 1. The summed E-state index contributed by atoms with van der Waals surface area (Å²) >= 11 is 0. The van der Waals surface area contributed by atoms with Crippen molar-refractivity contribution in [2.75, 3.05) is 5.32 Å². The van der Waals surface area contributed by atoms with Crippen LogP contribution in [-0.4, -0.2) is 23.1 Å². The van der Waals surface area contributed by atoms with Crippen LogP contribution in [0.5, 0.6) is 0 Å². The fourth-order valence-corrected chi connectivity index (χ4v) is 2.48. The zero-order chi connectivity index (χ0) is 16.3. The van der Waals surface area contributed by atoms with Crippen LogP contribution in [0.2, 0.25) is 0 Å². The molecule has 1 aliphatic rings. The van der Waals surface area contributed by atoms with Crippen molar-refractivity contribution >= 4 is 29.4 Å². The van der Waals surface area contributed by atoms with Gasteiger partial charge in [0.1, 0.15) is 5.54 Å². The molecule has 2 amide bonds. The van der Waals surface area contributed by atoms with E-state index < -0.39 is 29.1 Å². The maximum absolute atomic E-state index is 12.4. The summed E-state index contributed by atoms with van der Waals surface area (Å²) in [6.45, 7) is 8.82. The number of Topliss-reactive ketones (excluding diaryl/α,β-unsaturated/α-hetero) is 1. The number of carbonyl (C=O) groups is 3. The van der Waals surface area contributed by atoms with Crippen LogP contribution in [0.15, 0.2) is 43.5 Å². The normalized spacial score (nSPS) is 23.8. The first-order chi connectivity index (χ1) is 10.4. The second-order valence-electron chi connectivity index (χ2n) is 5.43. The van der Waals surface area contributed by atoms with Crippen molar-refractivity contribution in [1.82, 2.24) is 5.32 Å². The number of carbonyl (C=O) groups excluding carboxylic acids is 3. The Labute approximate surface area is 129 Å². The molecule has 0 bridgehead atoms. The largest absolute Gasteiger partial charge is 0.342 e. The van der Waals surface area contributed by atoms with Crippen LogP contribution in [0.3, 0.4) is 0 Å². The van der Waals surface area contributed by atoms with Gasteiger partial charge in [-0.2, -0.15) is 0 Å². The fourth-order valence-electron chi connectivity index (χ4n) is 2.48. The number of amides is 2. The minimum Gasteiger partial charge on any atom is -0.342 e. The Kier molecular flexibility index (Phi) is 4.26. The van der Waals surface area contributed by atoms with Crippen LogP contribution in [0.25, 0.3) is 6.08 Å². The maximum Gasteiger partial charge on any atom is 0.244 e. The quantitative estimate of drug-likeness (QED) is 0.644. The Balaban J connectivity index is 2.19. The summed E-state index contributed by atoms with van der Waals surface area (Å²) in [5, 5.41) is 5.19. The van der Waals surface area contributed by atoms with Crippen molar-refractivity contribution in [2.45, 2.75) is 18.9 Å². The maximum atomic E-state index is 12.4. The highest BCUT2D eigenvalue weighted by molar-refractivity contribution is 6.27. The Hall–Kier alpha value is -2.69. The number of rotatable bonds is 5. The number of anilines is 1. The van der Waals surface area contributed by atoms with Gasteiger partial charge in [0, 0.05) is 5.69 Å². The van der Waals surface area contributed by atoms with E-state index in [1.165, 1.54) is 0 Å². The molecule has 0 spiro atoms. The van der Waals surface area contributed by atoms with Crippen molar-refractivity contribution in [3.63, 3.8) is 0 Å². The number of hydrogen-bond donors (Lipinski definition) is 2. The third kappa shape index (κ3) is 2.83. The molecule has 0 saturated carbocycles. The molecule has 1 heterocycles. The predicted molar refractivity (Wildman–Crippen MR) is 85.0 cm³/mol. The SMILES string of the molecule is C=CCC1(C)NC(=O)C(C(=O)Nc2cccc(C=C)c2)C1=O. The van der Waals surface area contributed by atoms with Gasteiger partial charge in [0.15, 0.2) is 11.7 Å². The van der Waals surface area contributed by atoms with E-state index in [1.807, 2.05) is 6.07 Å². The highest BCUT2D eigenvalue weighted by atomic mass is 16.2. The topological polar surface area (TPSA) is 75.3 Å². The van der Waals surface area contributed by atoms with Crippen LogP contribution in [-0.2, 0) is 14.4 Å². The molecule has 1 fully saturated rings. The second-order valence-corrected chi connectivity index (χ2v) is 5.43. The molecular formula is C17H18N2O3. The summed E-state index contributed by atoms with van der Waals surface area (Å²) in [6, 6.07) is 6.98. The van der Waals surface area contributed by atoms with Gasteiger partial charge in [-0.25, -0.2) is 0 Å². The summed E-state index contributed by atoms with van der Waals surface area (Å²) in [7, 11) is 0. The highest BCUT2D eigenvalue weighted by Gasteiger charge is 2.52. The smallest absolute Gasteiger partial charge is 0.244 e. The van der Waals surface area contributed by atoms with Gasteiger partial charge in [-0.05, 0) is 31.0 Å². The molecule has 2 atom stereocenters. The third-order valence-corrected chi connectivity index (χ3v) is 3.67. The first kappa shape index (κ1) is 15.7. The van der Waals surface area contributed by atoms with Crippen LogP contribution in [0.1, 0.15) is 18.9 Å². The van der Waals surface area contributed by atoms with E-state index in [1.54, 1.807) is 37.3 Å². The molecule has 1 aliphatic heterocycles. The zero-order valence-corrected chi connectivity index (χ0v) is 12.4. The monoisotopic (exact) mass is 298 g/mol. The lowest BCUT2D eigenvalue weighted by atomic mass is 9.89. The van der Waals surface area contributed by atoms with Crippen LogP contribution < -0.4 is 10.6 Å². The number of nitrogens with one attached hydrogen (secondary N) is 2. The first-order valence-corrected chi connectivity index (χ1v) is 6.92. The minimum atomic E-state index is -1.34. The molecule has 2 unspecified atom stereocenters. The molecule has 0 aromatic heterocycles. The minimum absolute atomic E-state index is 0.285. The summed E-state index contributed by atoms with van der Waals surface area (Å²) < 4.78 is 0. The van der Waals surface area contributed by atoms with Gasteiger partial charge in [0.05, 0.1) is 0 Å². The van der Waals surface area contributed by atoms with Gasteiger partial charge in [-0.3, -0.25) is 14.4 Å². The van der Waals surface area contributed by atoms with Crippen molar-refractivity contribution in [3.8, 4) is 0 Å². The molecule has 1 aromatic carbocycles. The Morgan fingerprint density at radius 3 is 2.77 bits per heavy atom. The Morgan fingerprint density at radius 2 is 2.14 bits per heavy atom. The van der Waals surface area contributed by atoms with Gasteiger partial charge in [0.25, 0.3) is 0 Å². The van der Waals surface area contributed by atoms with E-state index >= 15 is 0 Å². The second kappa shape index (κ2) is 5.97. The summed E-state index contributed by atoms with van der Waals surface area (Å²) in [5.74, 6) is -2.98. The molecule has 2 N–H and O–H groups in total. The number of benzene rings is 1. The van der Waals surface area contributed by atoms with Crippen molar-refractivity contribution < 1.29 is 14.4 Å². The van der Waals surface area contributed by atoms with E-state index in [4.69, 9.17) is 0 Å². The van der Waals surface area contributed by atoms with Gasteiger partial charge in [-0.1, -0.05) is 30.9 Å². The lowest BCUT2D eigenvalue weighted by Gasteiger charge is -2.19. The number of hydrogen-bond acceptors (Lipinski definition) is 3. The van der Waals surface area contributed by atoms with Crippen molar-refractivity contribution in [2.24, 2.45) is 5.92 Å². The molecule has 1 aromatic rings. The van der Waals surface area contributed by atoms with Crippen LogP contribution in [0.4, 0.5) is 5.69 Å². The first-order valence-electron chi connectivity index (χ1n) is 6.92. The average Bonchev–Trinajstić information content (AvgIpc) is 2.69. The van der Waals surface area contributed by atoms with Crippen LogP contribution >= 0.6 is 0 Å². The molecule has 0 aliphatic carbocycles. The summed E-state index contributed by atoms with van der Waals surface area (Å²) in [5.41, 5.74) is 0.279. The summed E-state index contributed by atoms with van der Waals surface area (Å²) in [6.07, 6.45) is 3.48.